The van der Waals surface area contributed by atoms with Crippen LogP contribution in [0.15, 0.2) is 23.8 Å². The SMILES string of the molecule is CC(C)N(C(=O)C1=CC=CC1[Se]CC1CCC(=O)O1)C(C)C. The van der Waals surface area contributed by atoms with E-state index in [1.807, 2.05) is 17.1 Å². The Bertz CT molecular complexity index is 488. The molecule has 2 unspecified atom stereocenters. The molecule has 0 aromatic rings. The third kappa shape index (κ3) is 4.02. The average molecular weight is 370 g/mol. The summed E-state index contributed by atoms with van der Waals surface area (Å²) in [6, 6.07) is 0.385. The monoisotopic (exact) mass is 371 g/mol. The molecule has 1 amide bonds. The van der Waals surface area contributed by atoms with E-state index >= 15 is 0 Å². The van der Waals surface area contributed by atoms with Gasteiger partial charge >= 0.3 is 139 Å². The van der Waals surface area contributed by atoms with Crippen LogP contribution in [-0.2, 0) is 14.3 Å². The summed E-state index contributed by atoms with van der Waals surface area (Å²) in [5.74, 6) is 0.0608. The van der Waals surface area contributed by atoms with Crippen molar-refractivity contribution in [1.82, 2.24) is 4.90 Å². The van der Waals surface area contributed by atoms with Crippen molar-refractivity contribution in [2.75, 3.05) is 0 Å². The van der Waals surface area contributed by atoms with Crippen LogP contribution < -0.4 is 0 Å². The summed E-state index contributed by atoms with van der Waals surface area (Å²) < 4.78 is 5.28. The maximum absolute atomic E-state index is 12.8. The number of allylic oxidation sites excluding steroid dienone is 3. The average Bonchev–Trinajstić information content (AvgIpc) is 3.03. The van der Waals surface area contributed by atoms with Gasteiger partial charge in [0, 0.05) is 0 Å². The molecule has 0 spiro atoms. The van der Waals surface area contributed by atoms with Crippen molar-refractivity contribution >= 4 is 26.8 Å². The number of carbonyl (C=O) groups excluding carboxylic acids is 2. The summed E-state index contributed by atoms with van der Waals surface area (Å²) in [5.41, 5.74) is 0.895. The zero-order valence-corrected chi connectivity index (χ0v) is 15.5. The second-order valence-electron chi connectivity index (χ2n) is 6.31. The van der Waals surface area contributed by atoms with Crippen molar-refractivity contribution in [2.24, 2.45) is 0 Å². The molecular formula is C17H25NO3Se. The first-order valence-electron chi connectivity index (χ1n) is 7.92. The third-order valence-electron chi connectivity index (χ3n) is 3.89. The quantitative estimate of drug-likeness (QED) is 0.534. The van der Waals surface area contributed by atoms with Crippen LogP contribution in [0.5, 0.6) is 0 Å². The molecule has 1 saturated heterocycles. The Labute approximate surface area is 139 Å². The Morgan fingerprint density at radius 3 is 2.59 bits per heavy atom. The first-order chi connectivity index (χ1) is 10.4. The van der Waals surface area contributed by atoms with Gasteiger partial charge in [0.15, 0.2) is 0 Å². The number of nitrogens with zero attached hydrogens (tertiary/aromatic N) is 1. The van der Waals surface area contributed by atoms with Gasteiger partial charge in [-0.15, -0.1) is 0 Å². The number of amides is 1. The second-order valence-corrected chi connectivity index (χ2v) is 8.78. The van der Waals surface area contributed by atoms with Crippen LogP contribution in [-0.4, -0.2) is 49.9 Å². The first kappa shape index (κ1) is 17.3. The van der Waals surface area contributed by atoms with Crippen molar-refractivity contribution in [1.29, 1.82) is 0 Å². The van der Waals surface area contributed by atoms with E-state index in [2.05, 4.69) is 33.8 Å². The summed E-state index contributed by atoms with van der Waals surface area (Å²) in [5, 5.41) is 0.891. The molecule has 0 aromatic carbocycles. The van der Waals surface area contributed by atoms with E-state index < -0.39 is 0 Å². The number of carbonyl (C=O) groups is 2. The van der Waals surface area contributed by atoms with Crippen molar-refractivity contribution < 1.29 is 14.3 Å². The Hall–Kier alpha value is -1.06. The van der Waals surface area contributed by atoms with Gasteiger partial charge in [-0.3, -0.25) is 0 Å². The molecule has 0 N–H and O–H groups in total. The molecule has 22 heavy (non-hydrogen) atoms. The molecule has 2 atom stereocenters. The molecule has 0 saturated carbocycles. The fourth-order valence-corrected chi connectivity index (χ4v) is 5.48. The van der Waals surface area contributed by atoms with Gasteiger partial charge in [-0.25, -0.2) is 0 Å². The van der Waals surface area contributed by atoms with Crippen LogP contribution in [0.3, 0.4) is 0 Å². The summed E-state index contributed by atoms with van der Waals surface area (Å²) >= 11 is 0.239. The van der Waals surface area contributed by atoms with Crippen LogP contribution in [0.4, 0.5) is 0 Å². The summed E-state index contributed by atoms with van der Waals surface area (Å²) in [4.78, 5) is 26.1. The van der Waals surface area contributed by atoms with E-state index in [-0.39, 0.29) is 49.8 Å². The molecule has 1 aliphatic carbocycles. The Morgan fingerprint density at radius 2 is 2.05 bits per heavy atom. The molecule has 0 radical (unpaired) electrons. The molecule has 122 valence electrons. The number of hydrogen-bond donors (Lipinski definition) is 0. The Balaban J connectivity index is 1.95. The van der Waals surface area contributed by atoms with Gasteiger partial charge < -0.3 is 0 Å². The predicted molar refractivity (Wildman–Crippen MR) is 87.8 cm³/mol. The predicted octanol–water partition coefficient (Wildman–Crippen LogP) is 2.74. The van der Waals surface area contributed by atoms with Gasteiger partial charge in [-0.1, -0.05) is 0 Å². The minimum absolute atomic E-state index is 0.0594. The minimum atomic E-state index is -0.0830. The topological polar surface area (TPSA) is 46.6 Å². The van der Waals surface area contributed by atoms with E-state index in [1.165, 1.54) is 0 Å². The number of rotatable bonds is 6. The van der Waals surface area contributed by atoms with Gasteiger partial charge in [0.05, 0.1) is 0 Å². The van der Waals surface area contributed by atoms with Crippen molar-refractivity contribution in [3.05, 3.63) is 23.8 Å². The molecule has 2 rings (SSSR count). The van der Waals surface area contributed by atoms with Gasteiger partial charge in [-0.2, -0.15) is 0 Å². The van der Waals surface area contributed by atoms with Gasteiger partial charge in [-0.05, 0) is 0 Å². The van der Waals surface area contributed by atoms with E-state index in [9.17, 15) is 9.59 Å². The van der Waals surface area contributed by atoms with Crippen molar-refractivity contribution in [2.45, 2.75) is 68.9 Å². The van der Waals surface area contributed by atoms with Gasteiger partial charge in [0.25, 0.3) is 0 Å². The molecule has 1 fully saturated rings. The normalized spacial score (nSPS) is 24.1. The summed E-state index contributed by atoms with van der Waals surface area (Å²) in [6.07, 6.45) is 7.48. The zero-order valence-electron chi connectivity index (χ0n) is 13.7. The molecule has 0 bridgehead atoms. The fourth-order valence-electron chi connectivity index (χ4n) is 2.92. The Kier molecular flexibility index (Phi) is 5.87. The molecule has 1 aliphatic heterocycles. The van der Waals surface area contributed by atoms with Crippen LogP contribution in [0.2, 0.25) is 10.1 Å². The standard InChI is InChI=1S/C17H25NO3Se/c1-11(2)18(12(3)4)17(20)14-6-5-7-15(14)22-10-13-8-9-16(19)21-13/h5-7,11-13,15H,8-10H2,1-4H3. The molecule has 1 heterocycles. The van der Waals surface area contributed by atoms with Crippen molar-refractivity contribution in [3.63, 3.8) is 0 Å². The van der Waals surface area contributed by atoms with Gasteiger partial charge in [0.2, 0.25) is 0 Å². The number of esters is 1. The number of cyclic esters (lactones) is 1. The van der Waals surface area contributed by atoms with Crippen LogP contribution in [0, 0.1) is 0 Å². The molecule has 5 heteroatoms. The second kappa shape index (κ2) is 7.47. The third-order valence-corrected chi connectivity index (χ3v) is 6.69. The van der Waals surface area contributed by atoms with E-state index in [1.54, 1.807) is 0 Å². The fraction of sp³-hybridized carbons (Fsp3) is 0.647. The molecular weight excluding hydrogens is 345 g/mol. The summed E-state index contributed by atoms with van der Waals surface area (Å²) in [6.45, 7) is 8.22. The number of ether oxygens (including phenoxy) is 1. The summed E-state index contributed by atoms with van der Waals surface area (Å²) in [7, 11) is 0. The molecule has 4 nitrogen and oxygen atoms in total. The van der Waals surface area contributed by atoms with Crippen LogP contribution >= 0.6 is 0 Å². The molecule has 2 aliphatic rings. The zero-order chi connectivity index (χ0) is 16.3. The van der Waals surface area contributed by atoms with Crippen molar-refractivity contribution in [3.8, 4) is 0 Å². The Morgan fingerprint density at radius 1 is 1.36 bits per heavy atom. The first-order valence-corrected chi connectivity index (χ1v) is 10.1. The maximum atomic E-state index is 12.8. The molecule has 0 aromatic heterocycles. The van der Waals surface area contributed by atoms with Crippen LogP contribution in [0.25, 0.3) is 0 Å². The van der Waals surface area contributed by atoms with Crippen LogP contribution in [0.1, 0.15) is 40.5 Å². The van der Waals surface area contributed by atoms with E-state index in [0.29, 0.717) is 6.42 Å². The van der Waals surface area contributed by atoms with E-state index in [4.69, 9.17) is 4.74 Å². The van der Waals surface area contributed by atoms with E-state index in [0.717, 1.165) is 17.3 Å². The number of hydrogen-bond acceptors (Lipinski definition) is 3. The van der Waals surface area contributed by atoms with Gasteiger partial charge in [0.1, 0.15) is 0 Å².